The molecule has 0 aliphatic heterocycles. The molecule has 0 saturated carbocycles. The van der Waals surface area contributed by atoms with Gasteiger partial charge in [-0.25, -0.2) is 4.39 Å². The summed E-state index contributed by atoms with van der Waals surface area (Å²) in [7, 11) is 0. The molecule has 3 rings (SSSR count). The number of carbonyl (C=O) groups is 1. The zero-order valence-corrected chi connectivity index (χ0v) is 12.9. The molecule has 0 radical (unpaired) electrons. The van der Waals surface area contributed by atoms with Gasteiger partial charge in [-0.05, 0) is 48.5 Å². The molecule has 0 aliphatic rings. The first-order chi connectivity index (χ1) is 11.7. The molecule has 1 amide bonds. The molecule has 0 bridgehead atoms. The van der Waals surface area contributed by atoms with Gasteiger partial charge in [0.05, 0.1) is 32.2 Å². The van der Waals surface area contributed by atoms with E-state index in [0.29, 0.717) is 18.8 Å². The minimum atomic E-state index is -0.342. The zero-order valence-electron chi connectivity index (χ0n) is 12.9. The lowest BCUT2D eigenvalue weighted by atomic mass is 10.3. The lowest BCUT2D eigenvalue weighted by Gasteiger charge is -2.19. The summed E-state index contributed by atoms with van der Waals surface area (Å²) in [6, 6.07) is 13.0. The minimum absolute atomic E-state index is 0.152. The molecule has 0 unspecified atom stereocenters. The quantitative estimate of drug-likeness (QED) is 0.719. The van der Waals surface area contributed by atoms with Crippen LogP contribution in [0.1, 0.15) is 11.5 Å². The Hall–Kier alpha value is -2.86. The second-order valence-electron chi connectivity index (χ2n) is 5.36. The molecule has 2 aromatic heterocycles. The van der Waals surface area contributed by atoms with E-state index in [1.165, 1.54) is 24.3 Å². The highest BCUT2D eigenvalue weighted by molar-refractivity contribution is 5.92. The molecule has 1 aromatic carbocycles. The van der Waals surface area contributed by atoms with Gasteiger partial charge in [0.25, 0.3) is 0 Å². The second kappa shape index (κ2) is 7.61. The standard InChI is InChI=1S/C18H17FN2O3/c19-14-5-7-15(8-6-14)20-18(22)13-21(11-16-3-1-9-23-16)12-17-4-2-10-24-17/h1-10H,11-13H2,(H,20,22). The van der Waals surface area contributed by atoms with Gasteiger partial charge in [-0.15, -0.1) is 0 Å². The van der Waals surface area contributed by atoms with Gasteiger partial charge < -0.3 is 14.2 Å². The molecule has 5 nitrogen and oxygen atoms in total. The number of hydrogen-bond acceptors (Lipinski definition) is 4. The van der Waals surface area contributed by atoms with E-state index in [1.54, 1.807) is 24.7 Å². The van der Waals surface area contributed by atoms with Crippen LogP contribution in [0.25, 0.3) is 0 Å². The monoisotopic (exact) mass is 328 g/mol. The molecule has 0 atom stereocenters. The van der Waals surface area contributed by atoms with Crippen LogP contribution in [0.4, 0.5) is 10.1 Å². The summed E-state index contributed by atoms with van der Waals surface area (Å²) >= 11 is 0. The maximum Gasteiger partial charge on any atom is 0.238 e. The molecule has 24 heavy (non-hydrogen) atoms. The summed E-state index contributed by atoms with van der Waals surface area (Å²) in [5.74, 6) is 0.984. The van der Waals surface area contributed by atoms with E-state index in [-0.39, 0.29) is 18.3 Å². The lowest BCUT2D eigenvalue weighted by Crippen LogP contribution is -2.32. The van der Waals surface area contributed by atoms with Gasteiger partial charge in [0.2, 0.25) is 5.91 Å². The zero-order chi connectivity index (χ0) is 16.8. The first kappa shape index (κ1) is 16.0. The van der Waals surface area contributed by atoms with Crippen LogP contribution in [0.5, 0.6) is 0 Å². The van der Waals surface area contributed by atoms with Crippen LogP contribution in [0.15, 0.2) is 69.9 Å². The maximum absolute atomic E-state index is 12.9. The van der Waals surface area contributed by atoms with Crippen LogP contribution in [-0.4, -0.2) is 17.4 Å². The largest absolute Gasteiger partial charge is 0.468 e. The van der Waals surface area contributed by atoms with Crippen molar-refractivity contribution in [2.75, 3.05) is 11.9 Å². The molecule has 0 aliphatic carbocycles. The van der Waals surface area contributed by atoms with Crippen molar-refractivity contribution in [1.82, 2.24) is 4.90 Å². The number of halogens is 1. The summed E-state index contributed by atoms with van der Waals surface area (Å²) in [6.45, 7) is 1.11. The normalized spacial score (nSPS) is 10.9. The number of carbonyl (C=O) groups excluding carboxylic acids is 1. The molecular formula is C18H17FN2O3. The SMILES string of the molecule is O=C(CN(Cc1ccco1)Cc1ccco1)Nc1ccc(F)cc1. The Morgan fingerprint density at radius 1 is 0.958 bits per heavy atom. The number of rotatable bonds is 7. The van der Waals surface area contributed by atoms with Gasteiger partial charge in [0.15, 0.2) is 0 Å². The molecule has 1 N–H and O–H groups in total. The number of anilines is 1. The van der Waals surface area contributed by atoms with Crippen molar-refractivity contribution in [3.8, 4) is 0 Å². The van der Waals surface area contributed by atoms with E-state index in [2.05, 4.69) is 5.32 Å². The second-order valence-corrected chi connectivity index (χ2v) is 5.36. The van der Waals surface area contributed by atoms with Crippen LogP contribution in [0.3, 0.4) is 0 Å². The van der Waals surface area contributed by atoms with Crippen molar-refractivity contribution in [2.24, 2.45) is 0 Å². The van der Waals surface area contributed by atoms with Crippen molar-refractivity contribution >= 4 is 11.6 Å². The Bertz CT molecular complexity index is 716. The maximum atomic E-state index is 12.9. The predicted octanol–water partition coefficient (Wildman–Crippen LogP) is 3.65. The number of amides is 1. The highest BCUT2D eigenvalue weighted by Crippen LogP contribution is 2.12. The summed E-state index contributed by atoms with van der Waals surface area (Å²) in [6.07, 6.45) is 3.19. The molecule has 0 spiro atoms. The smallest absolute Gasteiger partial charge is 0.238 e. The van der Waals surface area contributed by atoms with Crippen molar-refractivity contribution in [1.29, 1.82) is 0 Å². The first-order valence-electron chi connectivity index (χ1n) is 7.51. The lowest BCUT2D eigenvalue weighted by molar-refractivity contribution is -0.117. The van der Waals surface area contributed by atoms with Crippen LogP contribution in [0, 0.1) is 5.82 Å². The van der Waals surface area contributed by atoms with E-state index in [1.807, 2.05) is 17.0 Å². The fraction of sp³-hybridized carbons (Fsp3) is 0.167. The number of nitrogens with zero attached hydrogens (tertiary/aromatic N) is 1. The van der Waals surface area contributed by atoms with Crippen LogP contribution >= 0.6 is 0 Å². The molecule has 124 valence electrons. The van der Waals surface area contributed by atoms with Crippen LogP contribution < -0.4 is 5.32 Å². The Morgan fingerprint density at radius 3 is 2.04 bits per heavy atom. The van der Waals surface area contributed by atoms with Crippen molar-refractivity contribution < 1.29 is 18.0 Å². The van der Waals surface area contributed by atoms with E-state index in [0.717, 1.165) is 11.5 Å². The van der Waals surface area contributed by atoms with Gasteiger partial charge in [0.1, 0.15) is 17.3 Å². The summed E-state index contributed by atoms with van der Waals surface area (Å²) < 4.78 is 23.6. The van der Waals surface area contributed by atoms with Gasteiger partial charge in [0, 0.05) is 5.69 Å². The van der Waals surface area contributed by atoms with Crippen LogP contribution in [-0.2, 0) is 17.9 Å². The Labute approximate surface area is 138 Å². The Morgan fingerprint density at radius 2 is 1.54 bits per heavy atom. The topological polar surface area (TPSA) is 58.6 Å². The van der Waals surface area contributed by atoms with Crippen molar-refractivity contribution in [2.45, 2.75) is 13.1 Å². The molecule has 3 aromatic rings. The number of benzene rings is 1. The number of furan rings is 2. The van der Waals surface area contributed by atoms with Gasteiger partial charge in [-0.3, -0.25) is 9.69 Å². The minimum Gasteiger partial charge on any atom is -0.468 e. The molecule has 0 saturated heterocycles. The first-order valence-corrected chi connectivity index (χ1v) is 7.51. The third-order valence-electron chi connectivity index (χ3n) is 3.41. The fourth-order valence-electron chi connectivity index (χ4n) is 2.35. The van der Waals surface area contributed by atoms with Crippen LogP contribution in [0.2, 0.25) is 0 Å². The Balaban J connectivity index is 1.63. The predicted molar refractivity (Wildman–Crippen MR) is 86.6 cm³/mol. The third-order valence-corrected chi connectivity index (χ3v) is 3.41. The summed E-state index contributed by atoms with van der Waals surface area (Å²) in [4.78, 5) is 14.2. The molecular weight excluding hydrogens is 311 g/mol. The van der Waals surface area contributed by atoms with Crippen molar-refractivity contribution in [3.05, 3.63) is 78.4 Å². The van der Waals surface area contributed by atoms with E-state index in [4.69, 9.17) is 8.83 Å². The van der Waals surface area contributed by atoms with Gasteiger partial charge in [-0.1, -0.05) is 0 Å². The summed E-state index contributed by atoms with van der Waals surface area (Å²) in [5.41, 5.74) is 0.553. The fourth-order valence-corrected chi connectivity index (χ4v) is 2.35. The number of nitrogens with one attached hydrogen (secondary N) is 1. The molecule has 0 fully saturated rings. The molecule has 6 heteroatoms. The van der Waals surface area contributed by atoms with Crippen molar-refractivity contribution in [3.63, 3.8) is 0 Å². The highest BCUT2D eigenvalue weighted by Gasteiger charge is 2.15. The Kier molecular flexibility index (Phi) is 5.08. The van der Waals surface area contributed by atoms with E-state index in [9.17, 15) is 9.18 Å². The average Bonchev–Trinajstić information content (AvgIpc) is 3.23. The van der Waals surface area contributed by atoms with Gasteiger partial charge in [-0.2, -0.15) is 0 Å². The molecule has 2 heterocycles. The summed E-state index contributed by atoms with van der Waals surface area (Å²) in [5, 5.41) is 2.75. The highest BCUT2D eigenvalue weighted by atomic mass is 19.1. The van der Waals surface area contributed by atoms with Gasteiger partial charge >= 0.3 is 0 Å². The average molecular weight is 328 g/mol. The third kappa shape index (κ3) is 4.57. The van der Waals surface area contributed by atoms with E-state index < -0.39 is 0 Å². The number of hydrogen-bond donors (Lipinski definition) is 1. The van der Waals surface area contributed by atoms with E-state index >= 15 is 0 Å².